The van der Waals surface area contributed by atoms with Crippen molar-refractivity contribution in [3.05, 3.63) is 30.9 Å². The van der Waals surface area contributed by atoms with Gasteiger partial charge in [0.1, 0.15) is 11.5 Å². The molecule has 4 rings (SSSR count). The zero-order valence-corrected chi connectivity index (χ0v) is 12.5. The van der Waals surface area contributed by atoms with Crippen LogP contribution in [-0.4, -0.2) is 38.8 Å². The van der Waals surface area contributed by atoms with E-state index in [9.17, 15) is 0 Å². The number of hydrogen-bond acceptors (Lipinski definition) is 4. The molecule has 0 bridgehead atoms. The molecule has 0 radical (unpaired) electrons. The van der Waals surface area contributed by atoms with Crippen molar-refractivity contribution >= 4 is 16.7 Å². The number of aromatic amines is 1. The van der Waals surface area contributed by atoms with Gasteiger partial charge < -0.3 is 19.6 Å². The standard InChI is InChI=1S/C16H19N5O/c1-21-9-15(18-10-21)14-6-11-8-17-16(7-13(11)20-14)19-12-2-4-22-5-3-12/h6-10,12,20H,2-5H2,1H3,(H,17,19). The molecular formula is C16H19N5O. The Morgan fingerprint density at radius 2 is 2.14 bits per heavy atom. The molecule has 1 aliphatic heterocycles. The number of pyridine rings is 1. The van der Waals surface area contributed by atoms with E-state index in [0.29, 0.717) is 6.04 Å². The Balaban J connectivity index is 1.60. The summed E-state index contributed by atoms with van der Waals surface area (Å²) in [6.07, 6.45) is 7.77. The van der Waals surface area contributed by atoms with Crippen molar-refractivity contribution in [2.45, 2.75) is 18.9 Å². The molecular weight excluding hydrogens is 278 g/mol. The van der Waals surface area contributed by atoms with Crippen molar-refractivity contribution < 1.29 is 4.74 Å². The van der Waals surface area contributed by atoms with Gasteiger partial charge in [0.25, 0.3) is 0 Å². The highest BCUT2D eigenvalue weighted by Gasteiger charge is 2.14. The predicted octanol–water partition coefficient (Wildman–Crippen LogP) is 2.55. The fraction of sp³-hybridized carbons (Fsp3) is 0.375. The summed E-state index contributed by atoms with van der Waals surface area (Å²) in [6, 6.07) is 4.60. The van der Waals surface area contributed by atoms with Gasteiger partial charge in [-0.05, 0) is 18.9 Å². The topological polar surface area (TPSA) is 67.8 Å². The van der Waals surface area contributed by atoms with Gasteiger partial charge in [-0.1, -0.05) is 0 Å². The summed E-state index contributed by atoms with van der Waals surface area (Å²) in [4.78, 5) is 12.3. The molecule has 3 aromatic heterocycles. The largest absolute Gasteiger partial charge is 0.381 e. The number of rotatable bonds is 3. The minimum absolute atomic E-state index is 0.448. The first-order valence-electron chi connectivity index (χ1n) is 7.59. The summed E-state index contributed by atoms with van der Waals surface area (Å²) < 4.78 is 7.33. The van der Waals surface area contributed by atoms with E-state index in [1.807, 2.05) is 24.0 Å². The van der Waals surface area contributed by atoms with Gasteiger partial charge >= 0.3 is 0 Å². The van der Waals surface area contributed by atoms with Crippen LogP contribution in [0.4, 0.5) is 5.82 Å². The molecule has 2 N–H and O–H groups in total. The van der Waals surface area contributed by atoms with Crippen LogP contribution in [0.25, 0.3) is 22.3 Å². The highest BCUT2D eigenvalue weighted by atomic mass is 16.5. The van der Waals surface area contributed by atoms with E-state index in [-0.39, 0.29) is 0 Å². The quantitative estimate of drug-likeness (QED) is 0.779. The van der Waals surface area contributed by atoms with Crippen molar-refractivity contribution in [1.82, 2.24) is 19.5 Å². The van der Waals surface area contributed by atoms with Crippen molar-refractivity contribution in [1.29, 1.82) is 0 Å². The number of H-pyrrole nitrogens is 1. The Morgan fingerprint density at radius 1 is 1.27 bits per heavy atom. The summed E-state index contributed by atoms with van der Waals surface area (Å²) in [5.74, 6) is 0.911. The van der Waals surface area contributed by atoms with Crippen LogP contribution in [0, 0.1) is 0 Å². The molecule has 1 aliphatic rings. The third-order valence-electron chi connectivity index (χ3n) is 4.06. The Morgan fingerprint density at radius 3 is 2.91 bits per heavy atom. The number of nitrogens with zero attached hydrogens (tertiary/aromatic N) is 3. The third kappa shape index (κ3) is 2.57. The van der Waals surface area contributed by atoms with Gasteiger partial charge in [-0.2, -0.15) is 0 Å². The van der Waals surface area contributed by atoms with Crippen LogP contribution in [0.2, 0.25) is 0 Å². The molecule has 3 aromatic rings. The molecule has 0 atom stereocenters. The maximum absolute atomic E-state index is 5.39. The van der Waals surface area contributed by atoms with Gasteiger partial charge in [0.05, 0.1) is 17.5 Å². The molecule has 0 aliphatic carbocycles. The second-order valence-corrected chi connectivity index (χ2v) is 5.80. The Kier molecular flexibility index (Phi) is 3.31. The lowest BCUT2D eigenvalue weighted by Gasteiger charge is -2.23. The summed E-state index contributed by atoms with van der Waals surface area (Å²) in [5, 5.41) is 4.59. The van der Waals surface area contributed by atoms with Crippen LogP contribution < -0.4 is 5.32 Å². The normalized spacial score (nSPS) is 16.2. The lowest BCUT2D eigenvalue weighted by atomic mass is 10.1. The van der Waals surface area contributed by atoms with Crippen LogP contribution in [-0.2, 0) is 11.8 Å². The van der Waals surface area contributed by atoms with Crippen molar-refractivity contribution in [3.63, 3.8) is 0 Å². The molecule has 6 nitrogen and oxygen atoms in total. The van der Waals surface area contributed by atoms with Gasteiger partial charge in [0, 0.05) is 50.1 Å². The van der Waals surface area contributed by atoms with Gasteiger partial charge in [-0.25, -0.2) is 9.97 Å². The van der Waals surface area contributed by atoms with Crippen molar-refractivity contribution in [2.24, 2.45) is 7.05 Å². The summed E-state index contributed by atoms with van der Waals surface area (Å²) in [7, 11) is 1.97. The zero-order valence-electron chi connectivity index (χ0n) is 12.5. The molecule has 0 saturated carbocycles. The molecule has 1 fully saturated rings. The summed E-state index contributed by atoms with van der Waals surface area (Å²) >= 11 is 0. The first-order valence-corrected chi connectivity index (χ1v) is 7.59. The number of nitrogens with one attached hydrogen (secondary N) is 2. The van der Waals surface area contributed by atoms with Crippen LogP contribution in [0.5, 0.6) is 0 Å². The predicted molar refractivity (Wildman–Crippen MR) is 85.8 cm³/mol. The fourth-order valence-corrected chi connectivity index (χ4v) is 2.85. The monoisotopic (exact) mass is 297 g/mol. The lowest BCUT2D eigenvalue weighted by Crippen LogP contribution is -2.28. The van der Waals surface area contributed by atoms with Crippen LogP contribution in [0.3, 0.4) is 0 Å². The summed E-state index contributed by atoms with van der Waals surface area (Å²) in [5.41, 5.74) is 3.03. The first-order chi connectivity index (χ1) is 10.8. The van der Waals surface area contributed by atoms with E-state index in [0.717, 1.165) is 54.2 Å². The molecule has 0 amide bonds. The average molecular weight is 297 g/mol. The van der Waals surface area contributed by atoms with Crippen molar-refractivity contribution in [3.8, 4) is 11.4 Å². The number of aromatic nitrogens is 4. The van der Waals surface area contributed by atoms with E-state index in [1.165, 1.54) is 0 Å². The number of hydrogen-bond donors (Lipinski definition) is 2. The molecule has 0 spiro atoms. The van der Waals surface area contributed by atoms with Crippen molar-refractivity contribution in [2.75, 3.05) is 18.5 Å². The maximum atomic E-state index is 5.39. The molecule has 6 heteroatoms. The van der Waals surface area contributed by atoms with Gasteiger partial charge in [0.2, 0.25) is 0 Å². The second kappa shape index (κ2) is 5.46. The Labute approximate surface area is 128 Å². The Bertz CT molecular complexity index is 785. The molecule has 0 aromatic carbocycles. The smallest absolute Gasteiger partial charge is 0.128 e. The van der Waals surface area contributed by atoms with Crippen LogP contribution in [0.15, 0.2) is 30.9 Å². The fourth-order valence-electron chi connectivity index (χ4n) is 2.85. The van der Waals surface area contributed by atoms with Crippen LogP contribution in [0.1, 0.15) is 12.8 Å². The van der Waals surface area contributed by atoms with E-state index >= 15 is 0 Å². The number of aryl methyl sites for hydroxylation is 1. The van der Waals surface area contributed by atoms with E-state index < -0.39 is 0 Å². The Hall–Kier alpha value is -2.34. The second-order valence-electron chi connectivity index (χ2n) is 5.80. The van der Waals surface area contributed by atoms with E-state index in [4.69, 9.17) is 4.74 Å². The molecule has 114 valence electrons. The van der Waals surface area contributed by atoms with Crippen LogP contribution >= 0.6 is 0 Å². The summed E-state index contributed by atoms with van der Waals surface area (Å²) in [6.45, 7) is 1.65. The molecule has 4 heterocycles. The van der Waals surface area contributed by atoms with E-state index in [2.05, 4.69) is 32.4 Å². The average Bonchev–Trinajstić information content (AvgIpc) is 3.14. The highest BCUT2D eigenvalue weighted by molar-refractivity contribution is 5.86. The molecule has 0 unspecified atom stereocenters. The SMILES string of the molecule is Cn1cnc(-c2cc3cnc(NC4CCOCC4)cc3[nH]2)c1. The minimum atomic E-state index is 0.448. The van der Waals surface area contributed by atoms with Gasteiger partial charge in [-0.15, -0.1) is 0 Å². The lowest BCUT2D eigenvalue weighted by molar-refractivity contribution is 0.0904. The third-order valence-corrected chi connectivity index (χ3v) is 4.06. The number of imidazole rings is 1. The molecule has 22 heavy (non-hydrogen) atoms. The zero-order chi connectivity index (χ0) is 14.9. The minimum Gasteiger partial charge on any atom is -0.381 e. The molecule has 1 saturated heterocycles. The highest BCUT2D eigenvalue weighted by Crippen LogP contribution is 2.24. The maximum Gasteiger partial charge on any atom is 0.128 e. The van der Waals surface area contributed by atoms with E-state index in [1.54, 1.807) is 6.33 Å². The van der Waals surface area contributed by atoms with Gasteiger partial charge in [0.15, 0.2) is 0 Å². The van der Waals surface area contributed by atoms with Gasteiger partial charge in [-0.3, -0.25) is 0 Å². The number of ether oxygens (including phenoxy) is 1. The number of anilines is 1. The first kappa shape index (κ1) is 13.3. The number of fused-ring (bicyclic) bond motifs is 1.